The summed E-state index contributed by atoms with van der Waals surface area (Å²) in [5.41, 5.74) is 3.64. The number of thioether (sulfide) groups is 1. The van der Waals surface area contributed by atoms with Crippen molar-refractivity contribution in [1.82, 2.24) is 0 Å². The van der Waals surface area contributed by atoms with E-state index in [2.05, 4.69) is 37.3 Å². The molecule has 0 aliphatic carbocycles. The Kier molecular flexibility index (Phi) is 7.43. The highest BCUT2D eigenvalue weighted by Gasteiger charge is 2.17. The Labute approximate surface area is 183 Å². The Bertz CT molecular complexity index is 953. The van der Waals surface area contributed by atoms with Gasteiger partial charge in [0.25, 0.3) is 0 Å². The van der Waals surface area contributed by atoms with Crippen LogP contribution in [0.25, 0.3) is 11.3 Å². The average Bonchev–Trinajstić information content (AvgIpc) is 3.10. The Morgan fingerprint density at radius 3 is 2.37 bits per heavy atom. The molecule has 2 aromatic carbocycles. The van der Waals surface area contributed by atoms with Crippen molar-refractivity contribution in [2.75, 3.05) is 6.61 Å². The van der Waals surface area contributed by atoms with Crippen LogP contribution in [0, 0.1) is 13.8 Å². The van der Waals surface area contributed by atoms with Crippen LogP contribution in [0.2, 0.25) is 0 Å². The quantitative estimate of drug-likeness (QED) is 0.200. The van der Waals surface area contributed by atoms with Gasteiger partial charge in [-0.25, -0.2) is 0 Å². The molecular formula is C26H30O3S. The molecule has 3 aromatic rings. The molecular weight excluding hydrogens is 392 g/mol. The van der Waals surface area contributed by atoms with E-state index in [4.69, 9.17) is 9.15 Å². The van der Waals surface area contributed by atoms with Gasteiger partial charge in [0.1, 0.15) is 23.6 Å². The predicted octanol–water partition coefficient (Wildman–Crippen LogP) is 7.03. The van der Waals surface area contributed by atoms with Crippen LogP contribution < -0.4 is 4.74 Å². The van der Waals surface area contributed by atoms with E-state index in [1.807, 2.05) is 45.0 Å². The molecule has 0 spiro atoms. The zero-order chi connectivity index (χ0) is 21.6. The number of benzene rings is 2. The van der Waals surface area contributed by atoms with E-state index < -0.39 is 4.75 Å². The maximum absolute atomic E-state index is 11.1. The van der Waals surface area contributed by atoms with Crippen molar-refractivity contribution in [1.29, 1.82) is 0 Å². The van der Waals surface area contributed by atoms with E-state index in [1.165, 1.54) is 11.1 Å². The van der Waals surface area contributed by atoms with Crippen LogP contribution in [0.5, 0.6) is 5.75 Å². The van der Waals surface area contributed by atoms with Crippen molar-refractivity contribution < 1.29 is 13.9 Å². The molecule has 0 fully saturated rings. The number of rotatable bonds is 10. The van der Waals surface area contributed by atoms with Crippen LogP contribution >= 0.6 is 11.8 Å². The summed E-state index contributed by atoms with van der Waals surface area (Å²) in [6, 6.07) is 18.5. The number of hydrogen-bond acceptors (Lipinski definition) is 4. The Hall–Kier alpha value is -2.46. The highest BCUT2D eigenvalue weighted by atomic mass is 32.2. The summed E-state index contributed by atoms with van der Waals surface area (Å²) in [4.78, 5) is 12.1. The highest BCUT2D eigenvalue weighted by molar-refractivity contribution is 8.01. The van der Waals surface area contributed by atoms with E-state index in [1.54, 1.807) is 11.8 Å². The summed E-state index contributed by atoms with van der Waals surface area (Å²) in [6.07, 6.45) is 4.00. The molecule has 0 saturated heterocycles. The van der Waals surface area contributed by atoms with Crippen molar-refractivity contribution in [3.63, 3.8) is 0 Å². The molecule has 0 amide bonds. The summed E-state index contributed by atoms with van der Waals surface area (Å²) in [5, 5.41) is 0. The van der Waals surface area contributed by atoms with Gasteiger partial charge in [0, 0.05) is 10.5 Å². The standard InChI is InChI=1S/C26H30O3S/c1-19-8-10-21(11-9-19)25-17-22(20(2)29-25)7-5-6-16-28-23-12-14-24(15-13-23)30-26(3,4)18-27/h8-15,17-18H,5-7,16H2,1-4H3. The van der Waals surface area contributed by atoms with Gasteiger partial charge in [0.2, 0.25) is 0 Å². The number of ether oxygens (including phenoxy) is 1. The number of carbonyl (C=O) groups is 1. The zero-order valence-electron chi connectivity index (χ0n) is 18.2. The summed E-state index contributed by atoms with van der Waals surface area (Å²) >= 11 is 1.55. The van der Waals surface area contributed by atoms with Gasteiger partial charge in [0.15, 0.2) is 0 Å². The molecule has 30 heavy (non-hydrogen) atoms. The highest BCUT2D eigenvalue weighted by Crippen LogP contribution is 2.32. The number of aldehydes is 1. The minimum Gasteiger partial charge on any atom is -0.494 e. The van der Waals surface area contributed by atoms with Crippen molar-refractivity contribution in [2.24, 2.45) is 0 Å². The van der Waals surface area contributed by atoms with E-state index in [0.717, 1.165) is 53.3 Å². The second-order valence-electron chi connectivity index (χ2n) is 8.16. The number of furan rings is 1. The van der Waals surface area contributed by atoms with Crippen molar-refractivity contribution in [2.45, 2.75) is 56.6 Å². The van der Waals surface area contributed by atoms with Crippen molar-refractivity contribution >= 4 is 18.0 Å². The number of carbonyl (C=O) groups excluding carboxylic acids is 1. The topological polar surface area (TPSA) is 39.4 Å². The average molecular weight is 423 g/mol. The first-order chi connectivity index (χ1) is 14.4. The smallest absolute Gasteiger partial charge is 0.135 e. The van der Waals surface area contributed by atoms with Crippen molar-refractivity contribution in [3.05, 3.63) is 71.5 Å². The van der Waals surface area contributed by atoms with Gasteiger partial charge in [-0.05, 0) is 82.9 Å². The van der Waals surface area contributed by atoms with Crippen LogP contribution in [0.4, 0.5) is 0 Å². The lowest BCUT2D eigenvalue weighted by Gasteiger charge is -2.16. The first kappa shape index (κ1) is 22.2. The summed E-state index contributed by atoms with van der Waals surface area (Å²) in [6.45, 7) is 8.65. The molecule has 0 unspecified atom stereocenters. The van der Waals surface area contributed by atoms with E-state index in [9.17, 15) is 4.79 Å². The molecule has 1 heterocycles. The molecule has 158 valence electrons. The van der Waals surface area contributed by atoms with Gasteiger partial charge in [-0.1, -0.05) is 29.8 Å². The number of hydrogen-bond donors (Lipinski definition) is 0. The predicted molar refractivity (Wildman–Crippen MR) is 124 cm³/mol. The maximum atomic E-state index is 11.1. The first-order valence-electron chi connectivity index (χ1n) is 10.4. The molecule has 0 radical (unpaired) electrons. The maximum Gasteiger partial charge on any atom is 0.135 e. The van der Waals surface area contributed by atoms with Gasteiger partial charge >= 0.3 is 0 Å². The molecule has 0 saturated carbocycles. The van der Waals surface area contributed by atoms with Crippen molar-refractivity contribution in [3.8, 4) is 17.1 Å². The normalized spacial score (nSPS) is 11.5. The monoisotopic (exact) mass is 422 g/mol. The van der Waals surface area contributed by atoms with Gasteiger partial charge in [0.05, 0.1) is 11.4 Å². The molecule has 0 aliphatic rings. The third-order valence-corrected chi connectivity index (χ3v) is 6.08. The molecule has 0 aliphatic heterocycles. The fourth-order valence-corrected chi connectivity index (χ4v) is 4.10. The molecule has 4 heteroatoms. The minimum absolute atomic E-state index is 0.410. The van der Waals surface area contributed by atoms with E-state index in [-0.39, 0.29) is 0 Å². The van der Waals surface area contributed by atoms with Crippen LogP contribution in [-0.4, -0.2) is 17.6 Å². The van der Waals surface area contributed by atoms with E-state index in [0.29, 0.717) is 6.61 Å². The molecule has 0 N–H and O–H groups in total. The fraction of sp³-hybridized carbons (Fsp3) is 0.346. The zero-order valence-corrected chi connectivity index (χ0v) is 19.1. The summed E-state index contributed by atoms with van der Waals surface area (Å²) in [5.74, 6) is 2.80. The Balaban J connectivity index is 1.43. The summed E-state index contributed by atoms with van der Waals surface area (Å²) < 4.78 is 11.4. The molecule has 0 atom stereocenters. The number of unbranched alkanes of at least 4 members (excludes halogenated alkanes) is 1. The number of aryl methyl sites for hydroxylation is 3. The third kappa shape index (κ3) is 6.27. The second-order valence-corrected chi connectivity index (χ2v) is 9.89. The summed E-state index contributed by atoms with van der Waals surface area (Å²) in [7, 11) is 0. The minimum atomic E-state index is -0.410. The molecule has 1 aromatic heterocycles. The molecule has 0 bridgehead atoms. The lowest BCUT2D eigenvalue weighted by molar-refractivity contribution is -0.109. The van der Waals surface area contributed by atoms with Crippen LogP contribution in [0.1, 0.15) is 43.6 Å². The lowest BCUT2D eigenvalue weighted by Crippen LogP contribution is -2.15. The Morgan fingerprint density at radius 2 is 1.70 bits per heavy atom. The van der Waals surface area contributed by atoms with E-state index >= 15 is 0 Å². The van der Waals surface area contributed by atoms with Gasteiger partial charge < -0.3 is 13.9 Å². The third-order valence-electron chi connectivity index (χ3n) is 4.95. The Morgan fingerprint density at radius 1 is 1.00 bits per heavy atom. The van der Waals surface area contributed by atoms with Crippen LogP contribution in [0.3, 0.4) is 0 Å². The molecule has 3 nitrogen and oxygen atoms in total. The van der Waals surface area contributed by atoms with Crippen LogP contribution in [0.15, 0.2) is 63.9 Å². The fourth-order valence-electron chi connectivity index (χ4n) is 3.17. The largest absolute Gasteiger partial charge is 0.494 e. The second kappa shape index (κ2) is 10.0. The van der Waals surface area contributed by atoms with Gasteiger partial charge in [-0.15, -0.1) is 11.8 Å². The lowest BCUT2D eigenvalue weighted by atomic mass is 10.1. The van der Waals surface area contributed by atoms with Crippen LogP contribution in [-0.2, 0) is 11.2 Å². The SMILES string of the molecule is Cc1ccc(-c2cc(CCCCOc3ccc(SC(C)(C)C=O)cc3)c(C)o2)cc1. The van der Waals surface area contributed by atoms with Gasteiger partial charge in [-0.2, -0.15) is 0 Å². The molecule has 3 rings (SSSR count). The van der Waals surface area contributed by atoms with Gasteiger partial charge in [-0.3, -0.25) is 0 Å². The first-order valence-corrected chi connectivity index (χ1v) is 11.2.